The Bertz CT molecular complexity index is 754. The number of hydrogen-bond donors (Lipinski definition) is 0. The van der Waals surface area contributed by atoms with Crippen LogP contribution in [0.4, 0.5) is 0 Å². The fraction of sp³-hybridized carbons (Fsp3) is 0.190. The molecule has 0 saturated carbocycles. The summed E-state index contributed by atoms with van der Waals surface area (Å²) in [4.78, 5) is 17.5. The quantitative estimate of drug-likeness (QED) is 0.298. The van der Waals surface area contributed by atoms with E-state index in [0.717, 1.165) is 11.1 Å². The number of allylic oxidation sites excluding steroid dienone is 1. The van der Waals surface area contributed by atoms with E-state index in [-0.39, 0.29) is 5.70 Å². The molecule has 0 saturated heterocycles. The largest absolute Gasteiger partial charge is 0.342 e. The van der Waals surface area contributed by atoms with Gasteiger partial charge in [-0.05, 0) is 25.0 Å². The molecule has 0 unspecified atom stereocenters. The molecule has 2 rings (SSSR count). The van der Waals surface area contributed by atoms with Crippen molar-refractivity contribution in [3.8, 4) is 0 Å². The Morgan fingerprint density at radius 3 is 1.88 bits per heavy atom. The van der Waals surface area contributed by atoms with Gasteiger partial charge in [-0.2, -0.15) is 0 Å². The number of nitrogens with zero attached hydrogens (tertiary/aromatic N) is 3. The maximum atomic E-state index is 11.7. The number of aliphatic imine (C=N–C) groups is 1. The molecule has 2 aromatic carbocycles. The van der Waals surface area contributed by atoms with Gasteiger partial charge in [0.05, 0.1) is 4.92 Å². The highest BCUT2D eigenvalue weighted by Gasteiger charge is 2.24. The molecule has 0 N–H and O–H groups in total. The molecule has 0 aliphatic carbocycles. The van der Waals surface area contributed by atoms with Crippen LogP contribution in [0.15, 0.2) is 89.3 Å². The average Bonchev–Trinajstić information content (AvgIpc) is 2.62. The van der Waals surface area contributed by atoms with E-state index in [1.54, 1.807) is 20.1 Å². The van der Waals surface area contributed by atoms with E-state index in [2.05, 4.69) is 11.6 Å². The maximum absolute atomic E-state index is 11.7. The molecule has 0 fully saturated rings. The molecule has 5 heteroatoms. The summed E-state index contributed by atoms with van der Waals surface area (Å²) in [5.74, 6) is 0.317. The standard InChI is InChI=1S/C21H23N3O2/c1-4-22-21(20(17(2)3)24(25)26)23(15-18-11-7-5-8-12-18)16-19-13-9-6-10-14-19/h4-14H,2,15-16H2,1,3H3/b21-20-,22-4-. The molecule has 0 amide bonds. The van der Waals surface area contributed by atoms with Crippen molar-refractivity contribution in [2.24, 2.45) is 4.99 Å². The van der Waals surface area contributed by atoms with Crippen molar-refractivity contribution in [3.63, 3.8) is 0 Å². The monoisotopic (exact) mass is 349 g/mol. The Kier molecular flexibility index (Phi) is 6.85. The van der Waals surface area contributed by atoms with Crippen LogP contribution in [-0.2, 0) is 13.1 Å². The lowest BCUT2D eigenvalue weighted by molar-refractivity contribution is -0.423. The van der Waals surface area contributed by atoms with E-state index < -0.39 is 4.92 Å². The first kappa shape index (κ1) is 19.1. The fourth-order valence-electron chi connectivity index (χ4n) is 2.66. The predicted molar refractivity (Wildman–Crippen MR) is 105 cm³/mol. The molecule has 26 heavy (non-hydrogen) atoms. The molecule has 0 spiro atoms. The third kappa shape index (κ3) is 5.14. The predicted octanol–water partition coefficient (Wildman–Crippen LogP) is 4.80. The zero-order valence-electron chi connectivity index (χ0n) is 15.1. The molecule has 0 aromatic heterocycles. The number of hydrogen-bond acceptors (Lipinski definition) is 4. The van der Waals surface area contributed by atoms with E-state index >= 15 is 0 Å². The molecular formula is C21H23N3O2. The van der Waals surface area contributed by atoms with Crippen LogP contribution < -0.4 is 0 Å². The number of rotatable bonds is 8. The average molecular weight is 349 g/mol. The second kappa shape index (κ2) is 9.32. The van der Waals surface area contributed by atoms with E-state index in [0.29, 0.717) is 24.5 Å². The molecule has 0 atom stereocenters. The van der Waals surface area contributed by atoms with Crippen molar-refractivity contribution < 1.29 is 4.92 Å². The lowest BCUT2D eigenvalue weighted by atomic mass is 10.1. The summed E-state index contributed by atoms with van der Waals surface area (Å²) in [7, 11) is 0. The molecule has 2 aromatic rings. The Morgan fingerprint density at radius 1 is 1.08 bits per heavy atom. The normalized spacial score (nSPS) is 11.9. The van der Waals surface area contributed by atoms with Crippen molar-refractivity contribution >= 4 is 6.21 Å². The smallest absolute Gasteiger partial charge is 0.313 e. The first-order valence-electron chi connectivity index (χ1n) is 8.39. The minimum absolute atomic E-state index is 0.0602. The van der Waals surface area contributed by atoms with Gasteiger partial charge in [0.1, 0.15) is 0 Å². The van der Waals surface area contributed by atoms with Gasteiger partial charge < -0.3 is 4.90 Å². The zero-order valence-corrected chi connectivity index (χ0v) is 15.1. The van der Waals surface area contributed by atoms with Crippen molar-refractivity contribution in [2.75, 3.05) is 0 Å². The third-order valence-corrected chi connectivity index (χ3v) is 3.78. The summed E-state index contributed by atoms with van der Waals surface area (Å²) in [5.41, 5.74) is 2.42. The zero-order chi connectivity index (χ0) is 18.9. The van der Waals surface area contributed by atoms with Crippen LogP contribution in [0.5, 0.6) is 0 Å². The molecule has 0 radical (unpaired) electrons. The second-order valence-corrected chi connectivity index (χ2v) is 5.92. The van der Waals surface area contributed by atoms with Crippen LogP contribution in [-0.4, -0.2) is 16.0 Å². The van der Waals surface area contributed by atoms with Gasteiger partial charge in [0, 0.05) is 24.9 Å². The van der Waals surface area contributed by atoms with Crippen LogP contribution in [0, 0.1) is 10.1 Å². The summed E-state index contributed by atoms with van der Waals surface area (Å²) < 4.78 is 0. The Labute approximate surface area is 154 Å². The lowest BCUT2D eigenvalue weighted by Gasteiger charge is -2.25. The molecule has 5 nitrogen and oxygen atoms in total. The summed E-state index contributed by atoms with van der Waals surface area (Å²) in [6.45, 7) is 8.17. The topological polar surface area (TPSA) is 58.7 Å². The van der Waals surface area contributed by atoms with Crippen LogP contribution >= 0.6 is 0 Å². The van der Waals surface area contributed by atoms with E-state index in [1.165, 1.54) is 0 Å². The van der Waals surface area contributed by atoms with Gasteiger partial charge in [0.15, 0.2) is 0 Å². The highest BCUT2D eigenvalue weighted by molar-refractivity contribution is 5.55. The summed E-state index contributed by atoms with van der Waals surface area (Å²) in [6.07, 6.45) is 1.57. The van der Waals surface area contributed by atoms with Crippen molar-refractivity contribution in [3.05, 3.63) is 106 Å². The van der Waals surface area contributed by atoms with Crippen molar-refractivity contribution in [1.82, 2.24) is 4.90 Å². The SMILES string of the molecule is C=C(C)/C(=C(\N=C/C)N(Cc1ccccc1)Cc1ccccc1)[N+](=O)[O-]. The van der Waals surface area contributed by atoms with Crippen LogP contribution in [0.25, 0.3) is 0 Å². The summed E-state index contributed by atoms with van der Waals surface area (Å²) >= 11 is 0. The Balaban J connectivity index is 2.52. The molecule has 0 aliphatic rings. The van der Waals surface area contributed by atoms with Crippen molar-refractivity contribution in [2.45, 2.75) is 26.9 Å². The van der Waals surface area contributed by atoms with Gasteiger partial charge in [-0.3, -0.25) is 10.1 Å². The molecule has 134 valence electrons. The second-order valence-electron chi connectivity index (χ2n) is 5.92. The van der Waals surface area contributed by atoms with Gasteiger partial charge in [0.25, 0.3) is 0 Å². The Morgan fingerprint density at radius 2 is 1.54 bits per heavy atom. The first-order chi connectivity index (χ1) is 12.5. The van der Waals surface area contributed by atoms with E-state index in [1.807, 2.05) is 65.6 Å². The van der Waals surface area contributed by atoms with E-state index in [9.17, 15) is 10.1 Å². The van der Waals surface area contributed by atoms with Crippen LogP contribution in [0.1, 0.15) is 25.0 Å². The minimum atomic E-state index is -0.409. The van der Waals surface area contributed by atoms with Crippen molar-refractivity contribution in [1.29, 1.82) is 0 Å². The third-order valence-electron chi connectivity index (χ3n) is 3.78. The minimum Gasteiger partial charge on any atom is -0.342 e. The Hall–Kier alpha value is -3.21. The van der Waals surface area contributed by atoms with Crippen LogP contribution in [0.2, 0.25) is 0 Å². The summed E-state index contributed by atoms with van der Waals surface area (Å²) in [5, 5.41) is 11.7. The fourth-order valence-corrected chi connectivity index (χ4v) is 2.66. The highest BCUT2D eigenvalue weighted by atomic mass is 16.6. The first-order valence-corrected chi connectivity index (χ1v) is 8.39. The number of nitro groups is 1. The van der Waals surface area contributed by atoms with E-state index in [4.69, 9.17) is 0 Å². The van der Waals surface area contributed by atoms with Gasteiger partial charge in [-0.1, -0.05) is 67.2 Å². The van der Waals surface area contributed by atoms with Gasteiger partial charge in [-0.15, -0.1) is 0 Å². The van der Waals surface area contributed by atoms with Gasteiger partial charge >= 0.3 is 5.70 Å². The molecule has 0 bridgehead atoms. The summed E-state index contributed by atoms with van der Waals surface area (Å²) in [6, 6.07) is 19.7. The molecular weight excluding hydrogens is 326 g/mol. The van der Waals surface area contributed by atoms with Gasteiger partial charge in [0.2, 0.25) is 5.82 Å². The molecule has 0 aliphatic heterocycles. The highest BCUT2D eigenvalue weighted by Crippen LogP contribution is 2.23. The maximum Gasteiger partial charge on any atom is 0.313 e. The van der Waals surface area contributed by atoms with Gasteiger partial charge in [-0.25, -0.2) is 4.99 Å². The van der Waals surface area contributed by atoms with Crippen LogP contribution in [0.3, 0.4) is 0 Å². The number of benzene rings is 2. The lowest BCUT2D eigenvalue weighted by Crippen LogP contribution is -2.25. The molecule has 0 heterocycles.